The third-order valence-corrected chi connectivity index (χ3v) is 3.55. The van der Waals surface area contributed by atoms with Crippen LogP contribution < -0.4 is 0 Å². The second kappa shape index (κ2) is 6.98. The number of hydrogen-bond acceptors (Lipinski definition) is 8. The third-order valence-electron chi connectivity index (χ3n) is 2.42. The minimum atomic E-state index is -1.00. The predicted octanol–water partition coefficient (Wildman–Crippen LogP) is 1.74. The van der Waals surface area contributed by atoms with E-state index in [0.29, 0.717) is 11.5 Å². The molecule has 0 amide bonds. The van der Waals surface area contributed by atoms with Crippen molar-refractivity contribution in [3.63, 3.8) is 0 Å². The van der Waals surface area contributed by atoms with Gasteiger partial charge in [0.1, 0.15) is 0 Å². The Balaban J connectivity index is 2.14. The lowest BCUT2D eigenvalue weighted by atomic mass is 10.3. The number of ketones is 1. The molecule has 1 atom stereocenters. The van der Waals surface area contributed by atoms with Gasteiger partial charge in [-0.15, -0.1) is 10.2 Å². The van der Waals surface area contributed by atoms with E-state index in [4.69, 9.17) is 9.15 Å². The molecule has 0 aliphatic heterocycles. The van der Waals surface area contributed by atoms with Gasteiger partial charge in [-0.1, -0.05) is 0 Å². The molecule has 21 heavy (non-hydrogen) atoms. The SMILES string of the molecule is CCOC(=O)[C@@H](Sc1nnc(-c2ccncc2)o1)C(C)=O. The summed E-state index contributed by atoms with van der Waals surface area (Å²) in [4.78, 5) is 27.1. The molecular formula is C13H13N3O4S. The Kier molecular flexibility index (Phi) is 5.04. The fraction of sp³-hybridized carbons (Fsp3) is 0.308. The summed E-state index contributed by atoms with van der Waals surface area (Å²) in [6.07, 6.45) is 3.20. The summed E-state index contributed by atoms with van der Waals surface area (Å²) in [5.41, 5.74) is 0.708. The monoisotopic (exact) mass is 307 g/mol. The highest BCUT2D eigenvalue weighted by Gasteiger charge is 2.28. The third kappa shape index (κ3) is 3.88. The summed E-state index contributed by atoms with van der Waals surface area (Å²) in [5, 5.41) is 6.83. The maximum absolute atomic E-state index is 11.7. The Morgan fingerprint density at radius 2 is 2.05 bits per heavy atom. The first-order valence-electron chi connectivity index (χ1n) is 6.19. The van der Waals surface area contributed by atoms with Gasteiger partial charge in [-0.3, -0.25) is 14.6 Å². The van der Waals surface area contributed by atoms with Gasteiger partial charge in [0.25, 0.3) is 5.22 Å². The molecule has 0 spiro atoms. The van der Waals surface area contributed by atoms with Crippen LogP contribution in [0.25, 0.3) is 11.5 Å². The zero-order valence-electron chi connectivity index (χ0n) is 11.5. The lowest BCUT2D eigenvalue weighted by Crippen LogP contribution is -2.27. The van der Waals surface area contributed by atoms with E-state index in [1.807, 2.05) is 0 Å². The summed E-state index contributed by atoms with van der Waals surface area (Å²) < 4.78 is 10.3. The van der Waals surface area contributed by atoms with Gasteiger partial charge >= 0.3 is 5.97 Å². The van der Waals surface area contributed by atoms with Crippen molar-refractivity contribution in [2.45, 2.75) is 24.3 Å². The van der Waals surface area contributed by atoms with Crippen LogP contribution in [0.2, 0.25) is 0 Å². The molecule has 8 heteroatoms. The van der Waals surface area contributed by atoms with Crippen molar-refractivity contribution in [2.24, 2.45) is 0 Å². The minimum Gasteiger partial charge on any atom is -0.465 e. The molecule has 0 aromatic carbocycles. The zero-order valence-corrected chi connectivity index (χ0v) is 12.3. The van der Waals surface area contributed by atoms with Crippen molar-refractivity contribution < 1.29 is 18.7 Å². The Morgan fingerprint density at radius 3 is 2.67 bits per heavy atom. The van der Waals surface area contributed by atoms with Gasteiger partial charge in [-0.2, -0.15) is 0 Å². The van der Waals surface area contributed by atoms with Crippen molar-refractivity contribution in [2.75, 3.05) is 6.61 Å². The number of carbonyl (C=O) groups excluding carboxylic acids is 2. The molecular weight excluding hydrogens is 294 g/mol. The number of ether oxygens (including phenoxy) is 1. The van der Waals surface area contributed by atoms with Crippen LogP contribution in [0.15, 0.2) is 34.2 Å². The quantitative estimate of drug-likeness (QED) is 0.452. The van der Waals surface area contributed by atoms with Crippen molar-refractivity contribution in [3.05, 3.63) is 24.5 Å². The van der Waals surface area contributed by atoms with Gasteiger partial charge in [0.05, 0.1) is 6.61 Å². The van der Waals surface area contributed by atoms with Gasteiger partial charge < -0.3 is 9.15 Å². The summed E-state index contributed by atoms with van der Waals surface area (Å²) in [5.74, 6) is -0.646. The van der Waals surface area contributed by atoms with Crippen molar-refractivity contribution >= 4 is 23.5 Å². The van der Waals surface area contributed by atoms with Gasteiger partial charge in [0.15, 0.2) is 11.0 Å². The second-order valence-corrected chi connectivity index (χ2v) is 5.03. The fourth-order valence-electron chi connectivity index (χ4n) is 1.48. The highest BCUT2D eigenvalue weighted by Crippen LogP contribution is 2.27. The molecule has 0 unspecified atom stereocenters. The molecule has 0 aliphatic rings. The molecule has 0 bridgehead atoms. The van der Waals surface area contributed by atoms with Crippen molar-refractivity contribution in [1.29, 1.82) is 0 Å². The van der Waals surface area contributed by atoms with Crippen molar-refractivity contribution in [1.82, 2.24) is 15.2 Å². The molecule has 2 heterocycles. The summed E-state index contributed by atoms with van der Waals surface area (Å²) in [6.45, 7) is 3.19. The summed E-state index contributed by atoms with van der Waals surface area (Å²) >= 11 is 0.880. The van der Waals surface area contributed by atoms with E-state index in [2.05, 4.69) is 15.2 Å². The average molecular weight is 307 g/mol. The van der Waals surface area contributed by atoms with Gasteiger partial charge in [0.2, 0.25) is 5.89 Å². The van der Waals surface area contributed by atoms with Crippen molar-refractivity contribution in [3.8, 4) is 11.5 Å². The first-order valence-corrected chi connectivity index (χ1v) is 7.07. The number of pyridine rings is 1. The van der Waals surface area contributed by atoms with E-state index in [-0.39, 0.29) is 17.6 Å². The van der Waals surface area contributed by atoms with E-state index in [1.54, 1.807) is 31.5 Å². The summed E-state index contributed by atoms with van der Waals surface area (Å²) in [7, 11) is 0. The lowest BCUT2D eigenvalue weighted by molar-refractivity contribution is -0.144. The van der Waals surface area contributed by atoms with Crippen LogP contribution in [-0.4, -0.2) is 38.8 Å². The average Bonchev–Trinajstić information content (AvgIpc) is 2.94. The number of hydrogen-bond donors (Lipinski definition) is 0. The Labute approximate surface area is 125 Å². The largest absolute Gasteiger partial charge is 0.465 e. The van der Waals surface area contributed by atoms with Crippen LogP contribution in [0.4, 0.5) is 0 Å². The molecule has 0 radical (unpaired) electrons. The molecule has 2 aromatic heterocycles. The van der Waals surface area contributed by atoms with Crippen LogP contribution in [0.5, 0.6) is 0 Å². The number of carbonyl (C=O) groups is 2. The molecule has 0 saturated heterocycles. The predicted molar refractivity (Wildman–Crippen MR) is 74.5 cm³/mol. The zero-order chi connectivity index (χ0) is 15.2. The Morgan fingerprint density at radius 1 is 1.33 bits per heavy atom. The van der Waals surface area contributed by atoms with Gasteiger partial charge in [-0.05, 0) is 37.7 Å². The van der Waals surface area contributed by atoms with Gasteiger partial charge in [-0.25, -0.2) is 0 Å². The topological polar surface area (TPSA) is 95.2 Å². The number of thioether (sulfide) groups is 1. The van der Waals surface area contributed by atoms with E-state index < -0.39 is 11.2 Å². The molecule has 2 rings (SSSR count). The highest BCUT2D eigenvalue weighted by atomic mass is 32.2. The standard InChI is InChI=1S/C13H13N3O4S/c1-3-19-12(18)10(8(2)17)21-13-16-15-11(20-13)9-4-6-14-7-5-9/h4-7,10H,3H2,1-2H3/t10-/m0/s1. The van der Waals surface area contributed by atoms with E-state index in [0.717, 1.165) is 11.8 Å². The number of aromatic nitrogens is 3. The number of esters is 1. The molecule has 0 fully saturated rings. The molecule has 7 nitrogen and oxygen atoms in total. The molecule has 0 N–H and O–H groups in total. The van der Waals surface area contributed by atoms with Crippen LogP contribution in [-0.2, 0) is 14.3 Å². The maximum Gasteiger partial charge on any atom is 0.327 e. The smallest absolute Gasteiger partial charge is 0.327 e. The first kappa shape index (κ1) is 15.2. The number of rotatable bonds is 6. The first-order chi connectivity index (χ1) is 10.1. The lowest BCUT2D eigenvalue weighted by Gasteiger charge is -2.09. The minimum absolute atomic E-state index is 0.134. The van der Waals surface area contributed by atoms with E-state index in [9.17, 15) is 9.59 Å². The number of Topliss-reactive ketones (excluding diaryl/α,β-unsaturated/α-hetero) is 1. The Bertz CT molecular complexity index is 629. The molecule has 110 valence electrons. The van der Waals surface area contributed by atoms with Crippen LogP contribution in [0.3, 0.4) is 0 Å². The molecule has 0 saturated carbocycles. The molecule has 2 aromatic rings. The number of nitrogens with zero attached hydrogens (tertiary/aromatic N) is 3. The van der Waals surface area contributed by atoms with Crippen LogP contribution in [0, 0.1) is 0 Å². The van der Waals surface area contributed by atoms with E-state index >= 15 is 0 Å². The fourth-order valence-corrected chi connectivity index (χ4v) is 2.23. The summed E-state index contributed by atoms with van der Waals surface area (Å²) in [6, 6.07) is 3.44. The van der Waals surface area contributed by atoms with E-state index in [1.165, 1.54) is 6.92 Å². The van der Waals surface area contributed by atoms with Crippen LogP contribution in [0.1, 0.15) is 13.8 Å². The van der Waals surface area contributed by atoms with Gasteiger partial charge in [0, 0.05) is 18.0 Å². The Hall–Kier alpha value is -2.22. The maximum atomic E-state index is 11.7. The molecule has 0 aliphatic carbocycles. The normalized spacial score (nSPS) is 11.9. The highest BCUT2D eigenvalue weighted by molar-refractivity contribution is 8.01. The van der Waals surface area contributed by atoms with Crippen LogP contribution >= 0.6 is 11.8 Å². The second-order valence-electron chi connectivity index (χ2n) is 3.97.